The number of nitrogens with zero attached hydrogens (tertiary/aromatic N) is 2. The van der Waals surface area contributed by atoms with Crippen molar-refractivity contribution in [3.05, 3.63) is 17.0 Å². The van der Waals surface area contributed by atoms with Crippen LogP contribution in [0.5, 0.6) is 0 Å². The van der Waals surface area contributed by atoms with Crippen LogP contribution in [0.25, 0.3) is 0 Å². The molecule has 4 heteroatoms. The molecule has 0 saturated carbocycles. The molecule has 0 amide bonds. The average Bonchev–Trinajstić information content (AvgIpc) is 2.36. The van der Waals surface area contributed by atoms with E-state index in [1.807, 2.05) is 0 Å². The highest BCUT2D eigenvalue weighted by Gasteiger charge is 2.12. The molecular formula is C14H24ClN3. The van der Waals surface area contributed by atoms with Crippen LogP contribution >= 0.6 is 11.6 Å². The van der Waals surface area contributed by atoms with Gasteiger partial charge in [0.2, 0.25) is 0 Å². The van der Waals surface area contributed by atoms with E-state index in [9.17, 15) is 0 Å². The average molecular weight is 270 g/mol. The quantitative estimate of drug-likeness (QED) is 0.708. The Labute approximate surface area is 115 Å². The van der Waals surface area contributed by atoms with Crippen LogP contribution in [0, 0.1) is 0 Å². The van der Waals surface area contributed by atoms with Gasteiger partial charge in [-0.3, -0.25) is 0 Å². The van der Waals surface area contributed by atoms with Gasteiger partial charge in [0.25, 0.3) is 0 Å². The predicted octanol–water partition coefficient (Wildman–Crippen LogP) is 4.46. The van der Waals surface area contributed by atoms with Crippen molar-refractivity contribution in [1.82, 2.24) is 9.97 Å². The number of hydrogen-bond donors (Lipinski definition) is 1. The van der Waals surface area contributed by atoms with E-state index in [4.69, 9.17) is 11.6 Å². The van der Waals surface area contributed by atoms with Gasteiger partial charge in [-0.05, 0) is 19.3 Å². The van der Waals surface area contributed by atoms with E-state index in [1.54, 1.807) is 0 Å². The minimum atomic E-state index is 0.492. The summed E-state index contributed by atoms with van der Waals surface area (Å²) in [6, 6.07) is 0.492. The van der Waals surface area contributed by atoms with E-state index in [2.05, 4.69) is 36.1 Å². The fourth-order valence-electron chi connectivity index (χ4n) is 2.11. The number of aromatic nitrogens is 2. The topological polar surface area (TPSA) is 37.8 Å². The van der Waals surface area contributed by atoms with Crippen LogP contribution in [-0.4, -0.2) is 16.0 Å². The van der Waals surface area contributed by atoms with Gasteiger partial charge in [0.1, 0.15) is 17.3 Å². The second-order valence-corrected chi connectivity index (χ2v) is 4.98. The number of anilines is 1. The van der Waals surface area contributed by atoms with Crippen molar-refractivity contribution < 1.29 is 0 Å². The summed E-state index contributed by atoms with van der Waals surface area (Å²) in [7, 11) is 0. The molecule has 1 aromatic rings. The molecule has 1 heterocycles. The fraction of sp³-hybridized carbons (Fsp3) is 0.714. The summed E-state index contributed by atoms with van der Waals surface area (Å²) in [4.78, 5) is 8.37. The van der Waals surface area contributed by atoms with Crippen LogP contribution in [0.3, 0.4) is 0 Å². The van der Waals surface area contributed by atoms with E-state index in [1.165, 1.54) is 38.4 Å². The number of unbranched alkanes of at least 4 members (excludes halogenated alkanes) is 1. The Bertz CT molecular complexity index is 355. The van der Waals surface area contributed by atoms with Gasteiger partial charge in [-0.15, -0.1) is 0 Å². The van der Waals surface area contributed by atoms with E-state index < -0.39 is 0 Å². The van der Waals surface area contributed by atoms with Crippen LogP contribution < -0.4 is 5.32 Å². The minimum absolute atomic E-state index is 0.492. The Morgan fingerprint density at radius 3 is 2.56 bits per heavy atom. The first-order valence-corrected chi connectivity index (χ1v) is 7.36. The monoisotopic (exact) mass is 269 g/mol. The van der Waals surface area contributed by atoms with Gasteiger partial charge in [-0.25, -0.2) is 9.97 Å². The first kappa shape index (κ1) is 15.2. The fourth-order valence-corrected chi connectivity index (χ4v) is 2.38. The normalized spacial score (nSPS) is 12.4. The molecule has 0 bridgehead atoms. The van der Waals surface area contributed by atoms with Crippen LogP contribution in [0.1, 0.15) is 58.4 Å². The van der Waals surface area contributed by atoms with Crippen LogP contribution in [0.4, 0.5) is 5.82 Å². The number of hydrogen-bond acceptors (Lipinski definition) is 3. The van der Waals surface area contributed by atoms with Crippen molar-refractivity contribution in [3.8, 4) is 0 Å². The standard InChI is InChI=1S/C14H24ClN3/c1-4-7-9-11(8-5-2)18-14-12(6-3)13(15)16-10-17-14/h10-11H,4-9H2,1-3H3,(H,16,17,18). The Kier molecular flexibility index (Phi) is 7.02. The molecule has 1 aromatic heterocycles. The molecule has 0 spiro atoms. The highest BCUT2D eigenvalue weighted by atomic mass is 35.5. The maximum absolute atomic E-state index is 6.10. The van der Waals surface area contributed by atoms with Gasteiger partial charge in [0.15, 0.2) is 0 Å². The summed E-state index contributed by atoms with van der Waals surface area (Å²) in [5.41, 5.74) is 1.02. The van der Waals surface area contributed by atoms with Gasteiger partial charge < -0.3 is 5.32 Å². The molecule has 0 aliphatic heterocycles. The summed E-state index contributed by atoms with van der Waals surface area (Å²) in [6.07, 6.45) is 8.41. The third-order valence-electron chi connectivity index (χ3n) is 3.13. The lowest BCUT2D eigenvalue weighted by atomic mass is 10.0. The zero-order valence-electron chi connectivity index (χ0n) is 11.7. The summed E-state index contributed by atoms with van der Waals surface area (Å²) in [6.45, 7) is 6.52. The smallest absolute Gasteiger partial charge is 0.137 e. The van der Waals surface area contributed by atoms with Crippen LogP contribution in [0.15, 0.2) is 6.33 Å². The lowest BCUT2D eigenvalue weighted by Gasteiger charge is -2.20. The lowest BCUT2D eigenvalue weighted by Crippen LogP contribution is -2.21. The molecule has 3 nitrogen and oxygen atoms in total. The molecular weight excluding hydrogens is 246 g/mol. The van der Waals surface area contributed by atoms with Crippen molar-refractivity contribution in [3.63, 3.8) is 0 Å². The van der Waals surface area contributed by atoms with Crippen molar-refractivity contribution in [2.75, 3.05) is 5.32 Å². The third kappa shape index (κ3) is 4.45. The molecule has 0 radical (unpaired) electrons. The zero-order valence-corrected chi connectivity index (χ0v) is 12.4. The Morgan fingerprint density at radius 1 is 1.17 bits per heavy atom. The minimum Gasteiger partial charge on any atom is -0.367 e. The third-order valence-corrected chi connectivity index (χ3v) is 3.46. The Hall–Kier alpha value is -0.830. The highest BCUT2D eigenvalue weighted by Crippen LogP contribution is 2.22. The summed E-state index contributed by atoms with van der Waals surface area (Å²) < 4.78 is 0. The van der Waals surface area contributed by atoms with Crippen molar-refractivity contribution in [2.24, 2.45) is 0 Å². The molecule has 1 rings (SSSR count). The second kappa shape index (κ2) is 8.30. The highest BCUT2D eigenvalue weighted by molar-refractivity contribution is 6.30. The van der Waals surface area contributed by atoms with Gasteiger partial charge in [-0.2, -0.15) is 0 Å². The van der Waals surface area contributed by atoms with Crippen molar-refractivity contribution >= 4 is 17.4 Å². The van der Waals surface area contributed by atoms with E-state index in [0.29, 0.717) is 11.2 Å². The first-order valence-electron chi connectivity index (χ1n) is 6.98. The van der Waals surface area contributed by atoms with Gasteiger partial charge in [0, 0.05) is 11.6 Å². The molecule has 0 aliphatic carbocycles. The van der Waals surface area contributed by atoms with E-state index in [0.717, 1.165) is 17.8 Å². The molecule has 0 saturated heterocycles. The zero-order chi connectivity index (χ0) is 13.4. The molecule has 1 N–H and O–H groups in total. The molecule has 1 unspecified atom stereocenters. The maximum atomic E-state index is 6.10. The SMILES string of the molecule is CCCCC(CCC)Nc1ncnc(Cl)c1CC. The van der Waals surface area contributed by atoms with Crippen LogP contribution in [-0.2, 0) is 6.42 Å². The summed E-state index contributed by atoms with van der Waals surface area (Å²) >= 11 is 6.10. The van der Waals surface area contributed by atoms with Crippen molar-refractivity contribution in [2.45, 2.75) is 65.3 Å². The Morgan fingerprint density at radius 2 is 1.94 bits per heavy atom. The number of halogens is 1. The maximum Gasteiger partial charge on any atom is 0.137 e. The molecule has 0 fully saturated rings. The Balaban J connectivity index is 2.76. The summed E-state index contributed by atoms with van der Waals surface area (Å²) in [5.74, 6) is 0.909. The largest absolute Gasteiger partial charge is 0.367 e. The number of nitrogens with one attached hydrogen (secondary N) is 1. The molecule has 102 valence electrons. The number of rotatable bonds is 8. The summed E-state index contributed by atoms with van der Waals surface area (Å²) in [5, 5.41) is 4.11. The van der Waals surface area contributed by atoms with Gasteiger partial charge >= 0.3 is 0 Å². The van der Waals surface area contributed by atoms with Crippen molar-refractivity contribution in [1.29, 1.82) is 0 Å². The molecule has 1 atom stereocenters. The van der Waals surface area contributed by atoms with Gasteiger partial charge in [0.05, 0.1) is 0 Å². The molecule has 0 aromatic carbocycles. The molecule has 18 heavy (non-hydrogen) atoms. The van der Waals surface area contributed by atoms with Gasteiger partial charge in [-0.1, -0.05) is 51.6 Å². The van der Waals surface area contributed by atoms with E-state index in [-0.39, 0.29) is 0 Å². The van der Waals surface area contributed by atoms with E-state index >= 15 is 0 Å². The lowest BCUT2D eigenvalue weighted by molar-refractivity contribution is 0.562. The van der Waals surface area contributed by atoms with Crippen LogP contribution in [0.2, 0.25) is 5.15 Å². The predicted molar refractivity (Wildman–Crippen MR) is 78.3 cm³/mol. The molecule has 0 aliphatic rings. The second-order valence-electron chi connectivity index (χ2n) is 4.62. The first-order chi connectivity index (χ1) is 8.72.